The Labute approximate surface area is 149 Å². The Kier molecular flexibility index (Phi) is 5.22. The fourth-order valence-electron chi connectivity index (χ4n) is 2.49. The van der Waals surface area contributed by atoms with E-state index < -0.39 is 11.6 Å². The SMILES string of the molecule is CC(NC(=O)c1ccnc(Nc2c(F)cccc2F)c1)c1ccccc1. The molecule has 1 aromatic heterocycles. The quantitative estimate of drug-likeness (QED) is 0.705. The summed E-state index contributed by atoms with van der Waals surface area (Å²) in [7, 11) is 0. The van der Waals surface area contributed by atoms with Crippen LogP contribution in [0.5, 0.6) is 0 Å². The van der Waals surface area contributed by atoms with E-state index in [9.17, 15) is 13.6 Å². The van der Waals surface area contributed by atoms with Gasteiger partial charge in [-0.05, 0) is 36.8 Å². The highest BCUT2D eigenvalue weighted by Gasteiger charge is 2.13. The molecule has 6 heteroatoms. The zero-order chi connectivity index (χ0) is 18.5. The summed E-state index contributed by atoms with van der Waals surface area (Å²) in [5.74, 6) is -1.60. The van der Waals surface area contributed by atoms with Crippen molar-refractivity contribution < 1.29 is 13.6 Å². The van der Waals surface area contributed by atoms with E-state index in [1.165, 1.54) is 24.4 Å². The molecule has 0 aliphatic heterocycles. The molecule has 3 aromatic rings. The number of benzene rings is 2. The number of aromatic nitrogens is 1. The second-order valence-corrected chi connectivity index (χ2v) is 5.76. The lowest BCUT2D eigenvalue weighted by Crippen LogP contribution is -2.26. The van der Waals surface area contributed by atoms with Crippen LogP contribution in [0.1, 0.15) is 28.9 Å². The van der Waals surface area contributed by atoms with Gasteiger partial charge in [0.15, 0.2) is 0 Å². The third kappa shape index (κ3) is 4.03. The van der Waals surface area contributed by atoms with Crippen molar-refractivity contribution in [3.05, 3.63) is 89.6 Å². The van der Waals surface area contributed by atoms with Gasteiger partial charge >= 0.3 is 0 Å². The van der Waals surface area contributed by atoms with Crippen LogP contribution in [-0.2, 0) is 0 Å². The first-order valence-corrected chi connectivity index (χ1v) is 8.07. The van der Waals surface area contributed by atoms with Crippen molar-refractivity contribution in [1.82, 2.24) is 10.3 Å². The smallest absolute Gasteiger partial charge is 0.251 e. The minimum atomic E-state index is -0.737. The summed E-state index contributed by atoms with van der Waals surface area (Å²) < 4.78 is 27.5. The van der Waals surface area contributed by atoms with Crippen LogP contribution >= 0.6 is 0 Å². The molecule has 1 unspecified atom stereocenters. The second-order valence-electron chi connectivity index (χ2n) is 5.76. The van der Waals surface area contributed by atoms with Crippen molar-refractivity contribution in [3.63, 3.8) is 0 Å². The number of rotatable bonds is 5. The van der Waals surface area contributed by atoms with Gasteiger partial charge < -0.3 is 10.6 Å². The lowest BCUT2D eigenvalue weighted by molar-refractivity contribution is 0.0940. The van der Waals surface area contributed by atoms with E-state index in [2.05, 4.69) is 15.6 Å². The predicted molar refractivity (Wildman–Crippen MR) is 96.2 cm³/mol. The molecule has 0 bridgehead atoms. The Balaban J connectivity index is 1.75. The minimum absolute atomic E-state index is 0.175. The van der Waals surface area contributed by atoms with Crippen molar-refractivity contribution in [2.45, 2.75) is 13.0 Å². The van der Waals surface area contributed by atoms with Crippen LogP contribution in [0.2, 0.25) is 0 Å². The number of anilines is 2. The number of nitrogens with zero attached hydrogens (tertiary/aromatic N) is 1. The average molecular weight is 353 g/mol. The van der Waals surface area contributed by atoms with E-state index in [0.717, 1.165) is 17.7 Å². The Hall–Kier alpha value is -3.28. The molecule has 0 fully saturated rings. The molecule has 132 valence electrons. The molecular formula is C20H17F2N3O. The van der Waals surface area contributed by atoms with E-state index in [-0.39, 0.29) is 23.5 Å². The highest BCUT2D eigenvalue weighted by molar-refractivity contribution is 5.95. The number of nitrogens with one attached hydrogen (secondary N) is 2. The molecule has 3 rings (SSSR count). The van der Waals surface area contributed by atoms with E-state index in [4.69, 9.17) is 0 Å². The second kappa shape index (κ2) is 7.74. The third-order valence-corrected chi connectivity index (χ3v) is 3.89. The number of halogens is 2. The largest absolute Gasteiger partial charge is 0.346 e. The van der Waals surface area contributed by atoms with Crippen LogP contribution in [0.25, 0.3) is 0 Å². The molecule has 0 radical (unpaired) electrons. The highest BCUT2D eigenvalue weighted by Crippen LogP contribution is 2.22. The summed E-state index contributed by atoms with van der Waals surface area (Å²) in [4.78, 5) is 16.5. The van der Waals surface area contributed by atoms with Crippen LogP contribution in [0.3, 0.4) is 0 Å². The van der Waals surface area contributed by atoms with Gasteiger partial charge in [-0.2, -0.15) is 0 Å². The summed E-state index contributed by atoms with van der Waals surface area (Å²) in [5.41, 5.74) is 0.999. The Morgan fingerprint density at radius 2 is 1.69 bits per heavy atom. The van der Waals surface area contributed by atoms with Crippen LogP contribution in [-0.4, -0.2) is 10.9 Å². The minimum Gasteiger partial charge on any atom is -0.346 e. The highest BCUT2D eigenvalue weighted by atomic mass is 19.1. The first kappa shape index (κ1) is 17.5. The van der Waals surface area contributed by atoms with Gasteiger partial charge in [-0.25, -0.2) is 13.8 Å². The van der Waals surface area contributed by atoms with Gasteiger partial charge in [0.1, 0.15) is 23.1 Å². The number of carbonyl (C=O) groups excluding carboxylic acids is 1. The molecule has 0 saturated carbocycles. The molecule has 1 amide bonds. The lowest BCUT2D eigenvalue weighted by Gasteiger charge is -2.15. The van der Waals surface area contributed by atoms with Crippen molar-refractivity contribution in [3.8, 4) is 0 Å². The fourth-order valence-corrected chi connectivity index (χ4v) is 2.49. The van der Waals surface area contributed by atoms with Crippen LogP contribution in [0, 0.1) is 11.6 Å². The van der Waals surface area contributed by atoms with E-state index in [1.807, 2.05) is 37.3 Å². The molecule has 1 atom stereocenters. The Morgan fingerprint density at radius 1 is 1.00 bits per heavy atom. The molecule has 0 aliphatic carbocycles. The number of para-hydroxylation sites is 1. The third-order valence-electron chi connectivity index (χ3n) is 3.89. The van der Waals surface area contributed by atoms with Gasteiger partial charge in [0, 0.05) is 11.8 Å². The van der Waals surface area contributed by atoms with Crippen LogP contribution in [0.15, 0.2) is 66.9 Å². The van der Waals surface area contributed by atoms with Crippen LogP contribution in [0.4, 0.5) is 20.3 Å². The van der Waals surface area contributed by atoms with Crippen molar-refractivity contribution in [1.29, 1.82) is 0 Å². The molecule has 2 N–H and O–H groups in total. The summed E-state index contributed by atoms with van der Waals surface area (Å²) in [6.07, 6.45) is 1.41. The first-order valence-electron chi connectivity index (χ1n) is 8.07. The summed E-state index contributed by atoms with van der Waals surface area (Å²) >= 11 is 0. The summed E-state index contributed by atoms with van der Waals surface area (Å²) in [6, 6.07) is 15.9. The topological polar surface area (TPSA) is 54.0 Å². The van der Waals surface area contributed by atoms with E-state index >= 15 is 0 Å². The average Bonchev–Trinajstić information content (AvgIpc) is 2.66. The van der Waals surface area contributed by atoms with E-state index in [1.54, 1.807) is 0 Å². The molecule has 2 aromatic carbocycles. The summed E-state index contributed by atoms with van der Waals surface area (Å²) in [6.45, 7) is 1.88. The standard InChI is InChI=1S/C20H17F2N3O/c1-13(14-6-3-2-4-7-14)24-20(26)15-10-11-23-18(12-15)25-19-16(21)8-5-9-17(19)22/h2-13H,1H3,(H,23,25)(H,24,26). The predicted octanol–water partition coefficient (Wildman–Crippen LogP) is 4.59. The zero-order valence-electron chi connectivity index (χ0n) is 14.0. The number of hydrogen-bond donors (Lipinski definition) is 2. The Bertz CT molecular complexity index is 896. The molecule has 0 aliphatic rings. The number of pyridine rings is 1. The molecule has 4 nitrogen and oxygen atoms in total. The van der Waals surface area contributed by atoms with Gasteiger partial charge in [0.2, 0.25) is 0 Å². The fraction of sp³-hybridized carbons (Fsp3) is 0.100. The molecule has 1 heterocycles. The molecule has 0 saturated heterocycles. The van der Waals surface area contributed by atoms with Crippen molar-refractivity contribution >= 4 is 17.4 Å². The van der Waals surface area contributed by atoms with E-state index in [0.29, 0.717) is 5.56 Å². The van der Waals surface area contributed by atoms with Gasteiger partial charge in [0.25, 0.3) is 5.91 Å². The van der Waals surface area contributed by atoms with Crippen molar-refractivity contribution in [2.24, 2.45) is 0 Å². The Morgan fingerprint density at radius 3 is 2.38 bits per heavy atom. The maximum absolute atomic E-state index is 13.7. The van der Waals surface area contributed by atoms with Crippen molar-refractivity contribution in [2.75, 3.05) is 5.32 Å². The summed E-state index contributed by atoms with van der Waals surface area (Å²) in [5, 5.41) is 5.46. The van der Waals surface area contributed by atoms with Gasteiger partial charge in [-0.15, -0.1) is 0 Å². The monoisotopic (exact) mass is 353 g/mol. The number of carbonyl (C=O) groups is 1. The first-order chi connectivity index (χ1) is 12.5. The molecular weight excluding hydrogens is 336 g/mol. The number of amides is 1. The zero-order valence-corrected chi connectivity index (χ0v) is 14.0. The number of hydrogen-bond acceptors (Lipinski definition) is 3. The normalized spacial score (nSPS) is 11.7. The van der Waals surface area contributed by atoms with Gasteiger partial charge in [0.05, 0.1) is 6.04 Å². The van der Waals surface area contributed by atoms with Gasteiger partial charge in [-0.1, -0.05) is 36.4 Å². The molecule has 0 spiro atoms. The van der Waals surface area contributed by atoms with Gasteiger partial charge in [-0.3, -0.25) is 4.79 Å². The maximum atomic E-state index is 13.7. The van der Waals surface area contributed by atoms with Crippen LogP contribution < -0.4 is 10.6 Å². The maximum Gasteiger partial charge on any atom is 0.251 e. The molecule has 26 heavy (non-hydrogen) atoms. The lowest BCUT2D eigenvalue weighted by atomic mass is 10.1.